The second-order valence-corrected chi connectivity index (χ2v) is 5.85. The van der Waals surface area contributed by atoms with Gasteiger partial charge in [-0.25, -0.2) is 0 Å². The lowest BCUT2D eigenvalue weighted by molar-refractivity contribution is -0.140. The first kappa shape index (κ1) is 13.0. The van der Waals surface area contributed by atoms with E-state index >= 15 is 0 Å². The minimum atomic E-state index is -0.475. The molecule has 0 radical (unpaired) electrons. The topological polar surface area (TPSA) is 49.9 Å². The number of piperazine rings is 1. The molecule has 3 rings (SSSR count). The maximum atomic E-state index is 12.6. The minimum Gasteiger partial charge on any atom is -0.742 e. The summed E-state index contributed by atoms with van der Waals surface area (Å²) in [5.41, 5.74) is 0. The largest absolute Gasteiger partial charge is 0.742 e. The number of carbonyl (C=O) groups is 2. The van der Waals surface area contributed by atoms with Crippen molar-refractivity contribution in [1.82, 2.24) is 9.80 Å². The third kappa shape index (κ3) is 2.17. The number of ether oxygens (including phenoxy) is 1. The van der Waals surface area contributed by atoms with Gasteiger partial charge in [0.15, 0.2) is 0 Å². The second kappa shape index (κ2) is 4.85. The summed E-state index contributed by atoms with van der Waals surface area (Å²) in [6, 6.07) is 0. The third-order valence-electron chi connectivity index (χ3n) is 4.27. The lowest BCUT2D eigenvalue weighted by atomic mass is 9.82. The van der Waals surface area contributed by atoms with Crippen LogP contribution in [0.1, 0.15) is 0 Å². The molecule has 2 bridgehead atoms. The number of fused-ring (bicyclic) bond motifs is 2. The Morgan fingerprint density at radius 3 is 2.26 bits per heavy atom. The summed E-state index contributed by atoms with van der Waals surface area (Å²) in [6.45, 7) is 3.17. The van der Waals surface area contributed by atoms with Crippen LogP contribution in [0.25, 0.3) is 0 Å². The molecule has 19 heavy (non-hydrogen) atoms. The van der Waals surface area contributed by atoms with Gasteiger partial charge in [-0.15, -0.1) is 0 Å². The van der Waals surface area contributed by atoms with Gasteiger partial charge in [0.05, 0.1) is 18.1 Å². The van der Waals surface area contributed by atoms with E-state index in [1.807, 2.05) is 24.1 Å². The Morgan fingerprint density at radius 1 is 1.11 bits per heavy atom. The van der Waals surface area contributed by atoms with E-state index in [9.17, 15) is 9.59 Å². The van der Waals surface area contributed by atoms with Crippen LogP contribution < -0.4 is 0 Å². The van der Waals surface area contributed by atoms with Gasteiger partial charge in [0, 0.05) is 37.2 Å². The zero-order valence-electron chi connectivity index (χ0n) is 10.8. The molecule has 3 aliphatic heterocycles. The number of amides is 1. The Bertz CT molecular complexity index is 432. The van der Waals surface area contributed by atoms with Gasteiger partial charge in [0.25, 0.3) is 0 Å². The first-order valence-electron chi connectivity index (χ1n) is 6.60. The maximum Gasteiger partial charge on any atom is 0.229 e. The summed E-state index contributed by atoms with van der Waals surface area (Å²) in [7, 11) is 2.04. The Labute approximate surface area is 118 Å². The van der Waals surface area contributed by atoms with Crippen LogP contribution in [0.3, 0.4) is 0 Å². The van der Waals surface area contributed by atoms with Crippen molar-refractivity contribution >= 4 is 23.7 Å². The first-order chi connectivity index (χ1) is 9.08. The van der Waals surface area contributed by atoms with Gasteiger partial charge in [0.2, 0.25) is 5.91 Å². The third-order valence-corrected chi connectivity index (χ3v) is 4.54. The predicted molar refractivity (Wildman–Crippen MR) is 71.2 cm³/mol. The summed E-state index contributed by atoms with van der Waals surface area (Å²) in [5, 5.41) is -0.357. The number of nitrogens with zero attached hydrogens (tertiary/aromatic N) is 2. The van der Waals surface area contributed by atoms with Gasteiger partial charge < -0.3 is 32.0 Å². The van der Waals surface area contributed by atoms with Crippen molar-refractivity contribution < 1.29 is 14.3 Å². The SMILES string of the molecule is CN1CCN(C(=O)C2C(C(=O)[S-])[C@@H]3C=C[C@H]2O3)CC1. The average molecular weight is 281 g/mol. The molecule has 2 unspecified atom stereocenters. The highest BCUT2D eigenvalue weighted by Crippen LogP contribution is 2.40. The molecule has 1 amide bonds. The molecule has 6 heteroatoms. The molecule has 0 N–H and O–H groups in total. The van der Waals surface area contributed by atoms with Crippen molar-refractivity contribution in [2.24, 2.45) is 11.8 Å². The molecule has 5 nitrogen and oxygen atoms in total. The summed E-state index contributed by atoms with van der Waals surface area (Å²) in [5.74, 6) is -0.867. The lowest BCUT2D eigenvalue weighted by Crippen LogP contribution is -2.52. The van der Waals surface area contributed by atoms with E-state index in [1.165, 1.54) is 0 Å². The highest BCUT2D eigenvalue weighted by Gasteiger charge is 2.51. The fourth-order valence-electron chi connectivity index (χ4n) is 3.12. The van der Waals surface area contributed by atoms with Gasteiger partial charge in [-0.3, -0.25) is 4.79 Å². The standard InChI is InChI=1S/C13H18N2O3S/c1-14-4-6-15(7-5-14)12(16)10-8-2-3-9(18-8)11(10)13(17)19/h2-3,8-11H,4-7H2,1H3,(H,17,19)/p-1/t8-,9+,10?,11?/m1/s1. The molecule has 2 saturated heterocycles. The van der Waals surface area contributed by atoms with Crippen molar-refractivity contribution in [2.45, 2.75) is 12.2 Å². The Morgan fingerprint density at radius 2 is 1.68 bits per heavy atom. The molecule has 0 spiro atoms. The summed E-state index contributed by atoms with van der Waals surface area (Å²) in [4.78, 5) is 28.2. The maximum absolute atomic E-state index is 12.6. The fourth-order valence-corrected chi connectivity index (χ4v) is 3.40. The number of hydrogen-bond acceptors (Lipinski definition) is 5. The Kier molecular flexibility index (Phi) is 3.32. The Balaban J connectivity index is 1.75. The van der Waals surface area contributed by atoms with Crippen LogP contribution in [0.4, 0.5) is 0 Å². The monoisotopic (exact) mass is 281 g/mol. The molecule has 0 aromatic heterocycles. The molecule has 0 aromatic carbocycles. The average Bonchev–Trinajstić information content (AvgIpc) is 2.98. The molecule has 3 heterocycles. The Hall–Kier alpha value is -0.980. The van der Waals surface area contributed by atoms with Crippen LogP contribution in [0, 0.1) is 11.8 Å². The normalized spacial score (nSPS) is 37.8. The van der Waals surface area contributed by atoms with E-state index in [4.69, 9.17) is 17.4 Å². The van der Waals surface area contributed by atoms with Crippen molar-refractivity contribution in [2.75, 3.05) is 33.2 Å². The van der Waals surface area contributed by atoms with Gasteiger partial charge in [-0.2, -0.15) is 0 Å². The van der Waals surface area contributed by atoms with Crippen molar-refractivity contribution in [3.05, 3.63) is 12.2 Å². The van der Waals surface area contributed by atoms with Crippen molar-refractivity contribution in [1.29, 1.82) is 0 Å². The molecule has 3 aliphatic rings. The van der Waals surface area contributed by atoms with E-state index in [0.29, 0.717) is 13.1 Å². The van der Waals surface area contributed by atoms with Gasteiger partial charge in [0.1, 0.15) is 0 Å². The summed E-state index contributed by atoms with van der Waals surface area (Å²) >= 11 is 4.79. The number of likely N-dealkylation sites (N-methyl/N-ethyl adjacent to an activating group) is 1. The van der Waals surface area contributed by atoms with E-state index in [0.717, 1.165) is 13.1 Å². The van der Waals surface area contributed by atoms with Gasteiger partial charge in [-0.05, 0) is 7.05 Å². The highest BCUT2D eigenvalue weighted by molar-refractivity contribution is 7.77. The minimum absolute atomic E-state index is 0.0214. The number of rotatable bonds is 2. The van der Waals surface area contributed by atoms with Crippen molar-refractivity contribution in [3.63, 3.8) is 0 Å². The van der Waals surface area contributed by atoms with Crippen LogP contribution in [-0.4, -0.2) is 66.3 Å². The quantitative estimate of drug-likeness (QED) is 0.500. The molecular weight excluding hydrogens is 264 g/mol. The number of carbonyl (C=O) groups excluding carboxylic acids is 2. The lowest BCUT2D eigenvalue weighted by Gasteiger charge is -2.36. The van der Waals surface area contributed by atoms with Crippen LogP contribution in [0.2, 0.25) is 0 Å². The molecule has 2 fully saturated rings. The molecule has 0 saturated carbocycles. The zero-order valence-corrected chi connectivity index (χ0v) is 11.6. The molecular formula is C13H17N2O3S-. The fraction of sp³-hybridized carbons (Fsp3) is 0.692. The highest BCUT2D eigenvalue weighted by atomic mass is 32.1. The van der Waals surface area contributed by atoms with Gasteiger partial charge >= 0.3 is 0 Å². The van der Waals surface area contributed by atoms with Crippen molar-refractivity contribution in [3.8, 4) is 0 Å². The van der Waals surface area contributed by atoms with Crippen LogP contribution in [0.15, 0.2) is 12.2 Å². The summed E-state index contributed by atoms with van der Waals surface area (Å²) in [6.07, 6.45) is 3.18. The predicted octanol–water partition coefficient (Wildman–Crippen LogP) is -0.596. The molecule has 0 aromatic rings. The molecule has 4 atom stereocenters. The zero-order chi connectivity index (χ0) is 13.6. The van der Waals surface area contributed by atoms with E-state index in [2.05, 4.69) is 4.90 Å². The van der Waals surface area contributed by atoms with E-state index in [-0.39, 0.29) is 23.2 Å². The van der Waals surface area contributed by atoms with Gasteiger partial charge in [-0.1, -0.05) is 12.2 Å². The molecule has 0 aliphatic carbocycles. The smallest absolute Gasteiger partial charge is 0.229 e. The van der Waals surface area contributed by atoms with E-state index < -0.39 is 11.8 Å². The van der Waals surface area contributed by atoms with E-state index in [1.54, 1.807) is 0 Å². The van der Waals surface area contributed by atoms with Crippen LogP contribution in [0.5, 0.6) is 0 Å². The number of hydrogen-bond donors (Lipinski definition) is 0. The molecule has 104 valence electrons. The second-order valence-electron chi connectivity index (χ2n) is 5.45. The van der Waals surface area contributed by atoms with Crippen LogP contribution in [-0.2, 0) is 27.0 Å². The summed E-state index contributed by atoms with van der Waals surface area (Å²) < 4.78 is 5.64. The first-order valence-corrected chi connectivity index (χ1v) is 7.01. The van der Waals surface area contributed by atoms with Crippen LogP contribution >= 0.6 is 0 Å².